The molecule has 2 rings (SSSR count). The summed E-state index contributed by atoms with van der Waals surface area (Å²) in [4.78, 5) is 25.3. The SMILES string of the molecule is O=C1CC(NCC(=O)N2CCCCC2)CCCN1. The van der Waals surface area contributed by atoms with Crippen molar-refractivity contribution in [1.29, 1.82) is 0 Å². The molecule has 2 amide bonds. The Morgan fingerprint density at radius 3 is 2.83 bits per heavy atom. The van der Waals surface area contributed by atoms with Crippen molar-refractivity contribution in [3.63, 3.8) is 0 Å². The van der Waals surface area contributed by atoms with E-state index in [2.05, 4.69) is 10.6 Å². The van der Waals surface area contributed by atoms with Crippen LogP contribution in [0.25, 0.3) is 0 Å². The minimum absolute atomic E-state index is 0.0930. The lowest BCUT2D eigenvalue weighted by Crippen LogP contribution is -2.44. The van der Waals surface area contributed by atoms with E-state index in [0.29, 0.717) is 13.0 Å². The number of likely N-dealkylation sites (tertiary alicyclic amines) is 1. The van der Waals surface area contributed by atoms with E-state index in [0.717, 1.165) is 45.3 Å². The first-order chi connectivity index (χ1) is 8.75. The number of nitrogens with zero attached hydrogens (tertiary/aromatic N) is 1. The molecule has 0 aromatic carbocycles. The number of carbonyl (C=O) groups excluding carboxylic acids is 2. The molecule has 2 fully saturated rings. The molecule has 2 aliphatic rings. The normalized spacial score (nSPS) is 25.4. The van der Waals surface area contributed by atoms with Crippen molar-refractivity contribution in [2.75, 3.05) is 26.2 Å². The zero-order valence-corrected chi connectivity index (χ0v) is 10.9. The van der Waals surface area contributed by atoms with Gasteiger partial charge in [-0.3, -0.25) is 9.59 Å². The lowest BCUT2D eigenvalue weighted by Gasteiger charge is -2.27. The average Bonchev–Trinajstić information content (AvgIpc) is 2.61. The van der Waals surface area contributed by atoms with E-state index < -0.39 is 0 Å². The highest BCUT2D eigenvalue weighted by Gasteiger charge is 2.20. The molecule has 0 radical (unpaired) electrons. The fourth-order valence-corrected chi connectivity index (χ4v) is 2.64. The Labute approximate surface area is 108 Å². The van der Waals surface area contributed by atoms with Gasteiger partial charge in [-0.1, -0.05) is 0 Å². The van der Waals surface area contributed by atoms with Crippen LogP contribution in [0.2, 0.25) is 0 Å². The van der Waals surface area contributed by atoms with Gasteiger partial charge >= 0.3 is 0 Å². The van der Waals surface area contributed by atoms with Crippen LogP contribution < -0.4 is 10.6 Å². The summed E-state index contributed by atoms with van der Waals surface area (Å²) in [6.07, 6.45) is 5.93. The van der Waals surface area contributed by atoms with Gasteiger partial charge < -0.3 is 15.5 Å². The highest BCUT2D eigenvalue weighted by atomic mass is 16.2. The highest BCUT2D eigenvalue weighted by Crippen LogP contribution is 2.09. The molecule has 0 aromatic heterocycles. The van der Waals surface area contributed by atoms with Gasteiger partial charge in [0.15, 0.2) is 0 Å². The van der Waals surface area contributed by atoms with Gasteiger partial charge in [-0.05, 0) is 32.1 Å². The van der Waals surface area contributed by atoms with Crippen molar-refractivity contribution in [1.82, 2.24) is 15.5 Å². The predicted octanol–water partition coefficient (Wildman–Crippen LogP) is 0.257. The van der Waals surface area contributed by atoms with Gasteiger partial charge in [0.2, 0.25) is 11.8 Å². The number of nitrogens with one attached hydrogen (secondary N) is 2. The molecule has 0 bridgehead atoms. The van der Waals surface area contributed by atoms with Crippen LogP contribution in [0.15, 0.2) is 0 Å². The highest BCUT2D eigenvalue weighted by molar-refractivity contribution is 5.79. The first kappa shape index (κ1) is 13.3. The van der Waals surface area contributed by atoms with Gasteiger partial charge in [-0.2, -0.15) is 0 Å². The van der Waals surface area contributed by atoms with Crippen LogP contribution in [-0.4, -0.2) is 48.9 Å². The van der Waals surface area contributed by atoms with Crippen LogP contribution >= 0.6 is 0 Å². The van der Waals surface area contributed by atoms with Crippen LogP contribution in [0.4, 0.5) is 0 Å². The van der Waals surface area contributed by atoms with Crippen molar-refractivity contribution in [3.8, 4) is 0 Å². The van der Waals surface area contributed by atoms with Crippen molar-refractivity contribution >= 4 is 11.8 Å². The molecule has 0 saturated carbocycles. The quantitative estimate of drug-likeness (QED) is 0.758. The largest absolute Gasteiger partial charge is 0.356 e. The van der Waals surface area contributed by atoms with E-state index in [1.54, 1.807) is 0 Å². The maximum Gasteiger partial charge on any atom is 0.236 e. The maximum atomic E-state index is 12.0. The molecule has 102 valence electrons. The zero-order chi connectivity index (χ0) is 12.8. The van der Waals surface area contributed by atoms with Crippen LogP contribution in [0.5, 0.6) is 0 Å². The van der Waals surface area contributed by atoms with Crippen LogP contribution in [-0.2, 0) is 9.59 Å². The molecule has 2 N–H and O–H groups in total. The second kappa shape index (κ2) is 6.73. The van der Waals surface area contributed by atoms with Gasteiger partial charge in [0, 0.05) is 32.1 Å². The van der Waals surface area contributed by atoms with Crippen molar-refractivity contribution in [2.45, 2.75) is 44.6 Å². The molecule has 1 unspecified atom stereocenters. The van der Waals surface area contributed by atoms with Crippen LogP contribution in [0.3, 0.4) is 0 Å². The second-order valence-electron chi connectivity index (χ2n) is 5.22. The number of hydrogen-bond donors (Lipinski definition) is 2. The van der Waals surface area contributed by atoms with Crippen molar-refractivity contribution in [2.24, 2.45) is 0 Å². The minimum atomic E-state index is 0.0930. The number of rotatable bonds is 3. The fraction of sp³-hybridized carbons (Fsp3) is 0.846. The zero-order valence-electron chi connectivity index (χ0n) is 10.9. The molecule has 2 heterocycles. The van der Waals surface area contributed by atoms with Gasteiger partial charge in [-0.15, -0.1) is 0 Å². The lowest BCUT2D eigenvalue weighted by molar-refractivity contribution is -0.131. The Morgan fingerprint density at radius 2 is 2.06 bits per heavy atom. The number of hydrogen-bond acceptors (Lipinski definition) is 3. The predicted molar refractivity (Wildman–Crippen MR) is 69.1 cm³/mol. The van der Waals surface area contributed by atoms with E-state index in [1.807, 2.05) is 4.90 Å². The Morgan fingerprint density at radius 1 is 1.28 bits per heavy atom. The topological polar surface area (TPSA) is 61.4 Å². The first-order valence-electron chi connectivity index (χ1n) is 7.03. The molecule has 0 spiro atoms. The minimum Gasteiger partial charge on any atom is -0.356 e. The molecule has 0 aromatic rings. The van der Waals surface area contributed by atoms with Gasteiger partial charge in [-0.25, -0.2) is 0 Å². The van der Waals surface area contributed by atoms with E-state index >= 15 is 0 Å². The van der Waals surface area contributed by atoms with E-state index in [4.69, 9.17) is 0 Å². The van der Waals surface area contributed by atoms with Crippen molar-refractivity contribution in [3.05, 3.63) is 0 Å². The summed E-state index contributed by atoms with van der Waals surface area (Å²) in [5, 5.41) is 6.09. The second-order valence-corrected chi connectivity index (χ2v) is 5.22. The molecule has 5 nitrogen and oxygen atoms in total. The summed E-state index contributed by atoms with van der Waals surface area (Å²) in [6, 6.07) is 0.154. The third-order valence-electron chi connectivity index (χ3n) is 3.73. The average molecular weight is 253 g/mol. The summed E-state index contributed by atoms with van der Waals surface area (Å²) in [5.74, 6) is 0.273. The fourth-order valence-electron chi connectivity index (χ4n) is 2.64. The van der Waals surface area contributed by atoms with E-state index in [-0.39, 0.29) is 17.9 Å². The van der Waals surface area contributed by atoms with Gasteiger partial charge in [0.1, 0.15) is 0 Å². The molecule has 18 heavy (non-hydrogen) atoms. The monoisotopic (exact) mass is 253 g/mol. The van der Waals surface area contributed by atoms with E-state index in [1.165, 1.54) is 6.42 Å². The summed E-state index contributed by atoms with van der Waals surface area (Å²) >= 11 is 0. The van der Waals surface area contributed by atoms with E-state index in [9.17, 15) is 9.59 Å². The first-order valence-corrected chi connectivity index (χ1v) is 7.03. The standard InChI is InChI=1S/C13H23N3O2/c17-12-9-11(5-4-6-14-12)15-10-13(18)16-7-2-1-3-8-16/h11,15H,1-10H2,(H,14,17). The molecular formula is C13H23N3O2. The number of amides is 2. The lowest BCUT2D eigenvalue weighted by atomic mass is 10.1. The molecule has 0 aliphatic carbocycles. The van der Waals surface area contributed by atoms with Gasteiger partial charge in [0.05, 0.1) is 6.54 Å². The summed E-state index contributed by atoms with van der Waals surface area (Å²) in [6.45, 7) is 2.92. The molecule has 2 aliphatic heterocycles. The third kappa shape index (κ3) is 3.98. The maximum absolute atomic E-state index is 12.0. The molecule has 2 saturated heterocycles. The summed E-state index contributed by atoms with van der Waals surface area (Å²) in [7, 11) is 0. The van der Waals surface area contributed by atoms with Gasteiger partial charge in [0.25, 0.3) is 0 Å². The molecule has 1 atom stereocenters. The Bertz CT molecular complexity index is 301. The Balaban J connectivity index is 1.72. The van der Waals surface area contributed by atoms with Crippen LogP contribution in [0.1, 0.15) is 38.5 Å². The summed E-state index contributed by atoms with van der Waals surface area (Å²) in [5.41, 5.74) is 0. The Hall–Kier alpha value is -1.10. The molecular weight excluding hydrogens is 230 g/mol. The number of piperidine rings is 1. The third-order valence-corrected chi connectivity index (χ3v) is 3.73. The van der Waals surface area contributed by atoms with Crippen LogP contribution in [0, 0.1) is 0 Å². The van der Waals surface area contributed by atoms with Crippen molar-refractivity contribution < 1.29 is 9.59 Å². The molecule has 5 heteroatoms. The number of carbonyl (C=O) groups is 2. The summed E-state index contributed by atoms with van der Waals surface area (Å²) < 4.78 is 0. The Kier molecular flexibility index (Phi) is 4.99. The smallest absolute Gasteiger partial charge is 0.236 e.